The molecular formula is C55H65N5O6S. The number of likely N-dealkylation sites (tertiary alicyclic amines) is 1. The lowest BCUT2D eigenvalue weighted by Crippen LogP contribution is -2.57. The molecule has 1 aromatic heterocycles. The Balaban J connectivity index is 0.920. The summed E-state index contributed by atoms with van der Waals surface area (Å²) < 4.78 is 6.06. The number of rotatable bonds is 20. The van der Waals surface area contributed by atoms with E-state index in [-0.39, 0.29) is 43.7 Å². The predicted octanol–water partition coefficient (Wildman–Crippen LogP) is 9.25. The number of allylic oxidation sites excluding steroid dienone is 2. The molecule has 6 rings (SSSR count). The van der Waals surface area contributed by atoms with Gasteiger partial charge in [-0.15, -0.1) is 11.3 Å². The third kappa shape index (κ3) is 13.8. The molecule has 3 atom stereocenters. The second-order valence-corrected chi connectivity index (χ2v) is 19.0. The SMILES string of the molecule is CC/C(=C(\c1ccccc1)c1ccc(OCCN(C)C(=O)CCC/C=C/CC(=O)N[C@H](C(=O)N2C[C@H](O)C[C@H]2C(=O)NCc2ccc(-c3scnc3C)cc2)C(C)(C)C)cc1)c1ccccc1. The van der Waals surface area contributed by atoms with Crippen molar-refractivity contribution in [2.24, 2.45) is 5.41 Å². The summed E-state index contributed by atoms with van der Waals surface area (Å²) in [7, 11) is 1.78. The van der Waals surface area contributed by atoms with E-state index in [9.17, 15) is 24.3 Å². The molecule has 0 bridgehead atoms. The number of nitrogens with one attached hydrogen (secondary N) is 2. The molecule has 0 saturated carbocycles. The normalized spacial score (nSPS) is 15.8. The zero-order valence-electron chi connectivity index (χ0n) is 39.7. The van der Waals surface area contributed by atoms with Crippen molar-refractivity contribution in [3.63, 3.8) is 0 Å². The molecule has 0 unspecified atom stereocenters. The van der Waals surface area contributed by atoms with Crippen molar-refractivity contribution in [3.8, 4) is 16.2 Å². The summed E-state index contributed by atoms with van der Waals surface area (Å²) in [6, 6.07) is 35.2. The molecule has 352 valence electrons. The van der Waals surface area contributed by atoms with Crippen molar-refractivity contribution in [2.45, 2.75) is 97.9 Å². The van der Waals surface area contributed by atoms with Gasteiger partial charge < -0.3 is 30.3 Å². The van der Waals surface area contributed by atoms with Crippen LogP contribution in [0.25, 0.3) is 21.6 Å². The number of amides is 4. The standard InChI is InChI=1S/C55H65N5O6S/c1-7-46(40-18-12-10-13-19-40)50(41-20-14-11-15-21-41)42-28-30-45(31-29-42)66-33-32-59(6)49(63)23-17-9-8-16-22-48(62)58-52(55(3,4)5)54(65)60-36-44(61)34-47(60)53(64)56-35-39-24-26-43(27-25-39)51-38(2)57-37-67-51/h8,10-16,18-21,24-31,37,44,47,52,61H,7,9,17,22-23,32-36H2,1-6H3,(H,56,64)(H,58,62)/b16-8+,50-46-/t44-,47+,52-/m1/s1. The van der Waals surface area contributed by atoms with E-state index in [1.165, 1.54) is 21.6 Å². The van der Waals surface area contributed by atoms with Gasteiger partial charge in [0.25, 0.3) is 0 Å². The number of aliphatic hydroxyl groups is 1. The van der Waals surface area contributed by atoms with Gasteiger partial charge in [-0.05, 0) is 82.7 Å². The molecule has 11 nitrogen and oxygen atoms in total. The summed E-state index contributed by atoms with van der Waals surface area (Å²) in [5.41, 5.74) is 10.0. The van der Waals surface area contributed by atoms with Crippen LogP contribution in [0.3, 0.4) is 0 Å². The van der Waals surface area contributed by atoms with E-state index in [1.807, 2.05) is 87.8 Å². The maximum Gasteiger partial charge on any atom is 0.246 e. The van der Waals surface area contributed by atoms with Gasteiger partial charge in [0.05, 0.1) is 28.7 Å². The highest BCUT2D eigenvalue weighted by atomic mass is 32.1. The number of benzene rings is 4. The molecule has 0 aliphatic carbocycles. The minimum atomic E-state index is -0.920. The number of β-amino-alcohol motifs (C(OH)–C–C–N with tert-alkyl or cyclic N) is 1. The molecule has 1 aliphatic rings. The minimum absolute atomic E-state index is 0.000901. The van der Waals surface area contributed by atoms with E-state index < -0.39 is 29.5 Å². The molecular weight excluding hydrogens is 859 g/mol. The Kier molecular flexibility index (Phi) is 17.8. The van der Waals surface area contributed by atoms with E-state index in [1.54, 1.807) is 29.4 Å². The summed E-state index contributed by atoms with van der Waals surface area (Å²) in [6.45, 7) is 10.8. The average Bonchev–Trinajstić information content (AvgIpc) is 3.95. The second kappa shape index (κ2) is 23.9. The van der Waals surface area contributed by atoms with Crippen molar-refractivity contribution in [3.05, 3.63) is 155 Å². The van der Waals surface area contributed by atoms with Gasteiger partial charge in [0.15, 0.2) is 0 Å². The number of nitrogens with zero attached hydrogens (tertiary/aromatic N) is 3. The van der Waals surface area contributed by atoms with Crippen LogP contribution in [0.1, 0.15) is 94.2 Å². The van der Waals surface area contributed by atoms with Crippen molar-refractivity contribution in [1.29, 1.82) is 0 Å². The number of unbranched alkanes of at least 4 members (excludes halogenated alkanes) is 1. The fraction of sp³-hybridized carbons (Fsp3) is 0.364. The lowest BCUT2D eigenvalue weighted by atomic mass is 9.85. The Hall–Kier alpha value is -6.37. The first-order valence-corrected chi connectivity index (χ1v) is 24.1. The molecule has 1 aliphatic heterocycles. The molecule has 0 radical (unpaired) electrons. The summed E-state index contributed by atoms with van der Waals surface area (Å²) in [4.78, 5) is 62.0. The Morgan fingerprint density at radius 2 is 1.57 bits per heavy atom. The van der Waals surface area contributed by atoms with Crippen molar-refractivity contribution in [1.82, 2.24) is 25.4 Å². The van der Waals surface area contributed by atoms with Gasteiger partial charge in [0.1, 0.15) is 24.4 Å². The number of thiazole rings is 1. The molecule has 0 spiro atoms. The zero-order chi connectivity index (χ0) is 47.9. The second-order valence-electron chi connectivity index (χ2n) is 18.1. The van der Waals surface area contributed by atoms with Gasteiger partial charge in [0, 0.05) is 39.4 Å². The number of carbonyl (C=O) groups is 4. The van der Waals surface area contributed by atoms with Crippen LogP contribution < -0.4 is 15.4 Å². The van der Waals surface area contributed by atoms with Gasteiger partial charge in [-0.25, -0.2) is 4.98 Å². The predicted molar refractivity (Wildman–Crippen MR) is 268 cm³/mol. The van der Waals surface area contributed by atoms with Crippen LogP contribution in [0, 0.1) is 12.3 Å². The molecule has 4 amide bonds. The number of likely N-dealkylation sites (N-methyl/N-ethyl adjacent to an activating group) is 1. The molecule has 12 heteroatoms. The smallest absolute Gasteiger partial charge is 0.246 e. The van der Waals surface area contributed by atoms with Crippen LogP contribution >= 0.6 is 11.3 Å². The minimum Gasteiger partial charge on any atom is -0.492 e. The third-order valence-electron chi connectivity index (χ3n) is 12.0. The van der Waals surface area contributed by atoms with Gasteiger partial charge in [0.2, 0.25) is 23.6 Å². The molecule has 3 N–H and O–H groups in total. The average molecular weight is 924 g/mol. The first-order chi connectivity index (χ1) is 32.2. The lowest BCUT2D eigenvalue weighted by molar-refractivity contribution is -0.144. The maximum absolute atomic E-state index is 14.0. The number of carbonyl (C=O) groups excluding carboxylic acids is 4. The van der Waals surface area contributed by atoms with Gasteiger partial charge >= 0.3 is 0 Å². The van der Waals surface area contributed by atoms with Crippen LogP contribution in [-0.4, -0.2) is 88.5 Å². The lowest BCUT2D eigenvalue weighted by Gasteiger charge is -2.35. The number of aliphatic hydroxyl groups excluding tert-OH is 1. The van der Waals surface area contributed by atoms with Crippen molar-refractivity contribution < 1.29 is 29.0 Å². The maximum atomic E-state index is 14.0. The molecule has 4 aromatic carbocycles. The number of aryl methyl sites for hydroxylation is 1. The molecule has 1 fully saturated rings. The quantitative estimate of drug-likeness (QED) is 0.0402. The van der Waals surface area contributed by atoms with E-state index >= 15 is 0 Å². The Morgan fingerprint density at radius 1 is 0.910 bits per heavy atom. The van der Waals surface area contributed by atoms with Gasteiger partial charge in [-0.2, -0.15) is 0 Å². The Bertz CT molecular complexity index is 2480. The third-order valence-corrected chi connectivity index (χ3v) is 13.0. The summed E-state index contributed by atoms with van der Waals surface area (Å²) >= 11 is 1.58. The largest absolute Gasteiger partial charge is 0.492 e. The van der Waals surface area contributed by atoms with Crippen LogP contribution in [0.2, 0.25) is 0 Å². The van der Waals surface area contributed by atoms with E-state index in [0.717, 1.165) is 45.0 Å². The first kappa shape index (κ1) is 50.1. The Labute approximate surface area is 400 Å². The number of ether oxygens (including phenoxy) is 1. The number of hydrogen-bond acceptors (Lipinski definition) is 8. The highest BCUT2D eigenvalue weighted by Crippen LogP contribution is 2.35. The van der Waals surface area contributed by atoms with Gasteiger partial charge in [-0.1, -0.05) is 137 Å². The van der Waals surface area contributed by atoms with Gasteiger partial charge in [-0.3, -0.25) is 19.2 Å². The first-order valence-electron chi connectivity index (χ1n) is 23.2. The van der Waals surface area contributed by atoms with Crippen molar-refractivity contribution >= 4 is 46.1 Å². The zero-order valence-corrected chi connectivity index (χ0v) is 40.5. The number of hydrogen-bond donors (Lipinski definition) is 3. The molecule has 5 aromatic rings. The van der Waals surface area contributed by atoms with E-state index in [0.29, 0.717) is 32.4 Å². The topological polar surface area (TPSA) is 141 Å². The highest BCUT2D eigenvalue weighted by molar-refractivity contribution is 7.13. The summed E-state index contributed by atoms with van der Waals surface area (Å²) in [5.74, 6) is -0.353. The Morgan fingerprint density at radius 3 is 2.19 bits per heavy atom. The highest BCUT2D eigenvalue weighted by Gasteiger charge is 2.44. The van der Waals surface area contributed by atoms with Crippen LogP contribution in [-0.2, 0) is 25.7 Å². The molecule has 1 saturated heterocycles. The summed E-state index contributed by atoms with van der Waals surface area (Å²) in [6.07, 6.45) is 5.39. The fourth-order valence-corrected chi connectivity index (χ4v) is 9.11. The van der Waals surface area contributed by atoms with Crippen molar-refractivity contribution in [2.75, 3.05) is 26.7 Å². The van der Waals surface area contributed by atoms with E-state index in [2.05, 4.69) is 83.2 Å². The monoisotopic (exact) mass is 923 g/mol. The summed E-state index contributed by atoms with van der Waals surface area (Å²) in [5, 5.41) is 16.4. The molecule has 67 heavy (non-hydrogen) atoms. The molecule has 2 heterocycles. The van der Waals surface area contributed by atoms with Crippen LogP contribution in [0.15, 0.2) is 127 Å². The van der Waals surface area contributed by atoms with Crippen LogP contribution in [0.5, 0.6) is 5.75 Å². The van der Waals surface area contributed by atoms with Crippen LogP contribution in [0.4, 0.5) is 0 Å². The number of aromatic nitrogens is 1. The van der Waals surface area contributed by atoms with E-state index in [4.69, 9.17) is 4.74 Å². The fourth-order valence-electron chi connectivity index (χ4n) is 8.30.